The van der Waals surface area contributed by atoms with Crippen molar-refractivity contribution >= 4 is 58.5 Å². The Labute approximate surface area is 236 Å². The first-order valence-electron chi connectivity index (χ1n) is 12.3. The van der Waals surface area contributed by atoms with E-state index in [1.165, 1.54) is 39.9 Å². The molecule has 1 saturated heterocycles. The summed E-state index contributed by atoms with van der Waals surface area (Å²) in [6.07, 6.45) is 3.84. The Balaban J connectivity index is 1.58. The number of carbonyl (C=O) groups is 1. The van der Waals surface area contributed by atoms with E-state index in [0.717, 1.165) is 54.0 Å². The number of nitrogens with zero attached hydrogens (tertiary/aromatic N) is 4. The normalized spacial score (nSPS) is 14.6. The van der Waals surface area contributed by atoms with Gasteiger partial charge in [-0.25, -0.2) is 13.4 Å². The van der Waals surface area contributed by atoms with E-state index >= 15 is 0 Å². The predicted molar refractivity (Wildman–Crippen MR) is 156 cm³/mol. The molecule has 0 aliphatic carbocycles. The second-order valence-corrected chi connectivity index (χ2v) is 12.7. The maximum absolute atomic E-state index is 13.7. The summed E-state index contributed by atoms with van der Waals surface area (Å²) in [7, 11) is -3.75. The summed E-state index contributed by atoms with van der Waals surface area (Å²) in [4.78, 5) is 22.6. The molecule has 0 N–H and O–H groups in total. The number of anilines is 1. The first kappa shape index (κ1) is 28.6. The number of sulfonamides is 1. The molecule has 8 nitrogen and oxygen atoms in total. The SMILES string of the molecule is C=CCN(CC=C)S(=O)(=O)c1ccc(C(=O)N(CCCN2CCOCC2)c2nc3ccc(Br)cc3s2)cc1. The minimum atomic E-state index is -3.75. The maximum atomic E-state index is 13.7. The van der Waals surface area contributed by atoms with Crippen LogP contribution in [-0.4, -0.2) is 81.0 Å². The molecule has 2 aromatic carbocycles. The molecule has 0 radical (unpaired) electrons. The lowest BCUT2D eigenvalue weighted by molar-refractivity contribution is 0.0376. The number of rotatable bonds is 12. The van der Waals surface area contributed by atoms with Gasteiger partial charge in [0.05, 0.1) is 28.3 Å². The molecule has 0 atom stereocenters. The number of fused-ring (bicyclic) bond motifs is 1. The van der Waals surface area contributed by atoms with Gasteiger partial charge >= 0.3 is 0 Å². The lowest BCUT2D eigenvalue weighted by Gasteiger charge is -2.27. The molecule has 1 aliphatic heterocycles. The zero-order valence-corrected chi connectivity index (χ0v) is 24.3. The molecule has 1 aliphatic rings. The van der Waals surface area contributed by atoms with Crippen LogP contribution in [-0.2, 0) is 14.8 Å². The summed E-state index contributed by atoms with van der Waals surface area (Å²) in [5.41, 5.74) is 1.22. The largest absolute Gasteiger partial charge is 0.379 e. The van der Waals surface area contributed by atoms with Gasteiger partial charge in [-0.3, -0.25) is 14.6 Å². The molecule has 0 unspecified atom stereocenters. The van der Waals surface area contributed by atoms with Crippen LogP contribution in [0.1, 0.15) is 16.8 Å². The van der Waals surface area contributed by atoms with E-state index in [0.29, 0.717) is 17.2 Å². The van der Waals surface area contributed by atoms with Crippen LogP contribution in [0.15, 0.2) is 77.1 Å². The second kappa shape index (κ2) is 13.1. The van der Waals surface area contributed by atoms with Gasteiger partial charge in [0.1, 0.15) is 0 Å². The fourth-order valence-corrected chi connectivity index (χ4v) is 7.12. The molecule has 11 heteroatoms. The smallest absolute Gasteiger partial charge is 0.260 e. The summed E-state index contributed by atoms with van der Waals surface area (Å²) < 4.78 is 34.8. The van der Waals surface area contributed by atoms with Crippen molar-refractivity contribution in [2.45, 2.75) is 11.3 Å². The molecule has 4 rings (SSSR count). The number of hydrogen-bond acceptors (Lipinski definition) is 7. The van der Waals surface area contributed by atoms with Gasteiger partial charge in [0.15, 0.2) is 5.13 Å². The molecule has 1 amide bonds. The van der Waals surface area contributed by atoms with Crippen LogP contribution in [0.5, 0.6) is 0 Å². The van der Waals surface area contributed by atoms with Gasteiger partial charge in [-0.05, 0) is 48.9 Å². The molecule has 38 heavy (non-hydrogen) atoms. The number of morpholine rings is 1. The summed E-state index contributed by atoms with van der Waals surface area (Å²) in [5, 5.41) is 0.616. The minimum Gasteiger partial charge on any atom is -0.379 e. The van der Waals surface area contributed by atoms with Crippen LogP contribution in [0.25, 0.3) is 10.2 Å². The fourth-order valence-electron chi connectivity index (χ4n) is 4.20. The van der Waals surface area contributed by atoms with Crippen LogP contribution in [0.3, 0.4) is 0 Å². The Morgan fingerprint density at radius 3 is 2.45 bits per heavy atom. The number of amides is 1. The first-order chi connectivity index (χ1) is 18.3. The fraction of sp³-hybridized carbons (Fsp3) is 0.333. The Hall–Kier alpha value is -2.41. The third-order valence-electron chi connectivity index (χ3n) is 6.18. The lowest BCUT2D eigenvalue weighted by Crippen LogP contribution is -2.39. The van der Waals surface area contributed by atoms with Crippen molar-refractivity contribution in [3.8, 4) is 0 Å². The molecule has 1 fully saturated rings. The summed E-state index contributed by atoms with van der Waals surface area (Å²) in [6.45, 7) is 12.2. The molecule has 3 aromatic rings. The molecule has 0 spiro atoms. The average molecular weight is 620 g/mol. The lowest BCUT2D eigenvalue weighted by atomic mass is 10.2. The standard InChI is InChI=1S/C27H31BrN4O4S2/c1-3-12-31(13-4-2)38(34,35)23-9-6-21(7-10-23)26(33)32(15-5-14-30-16-18-36-19-17-30)27-29-24-11-8-22(28)20-25(24)37-27/h3-4,6-11,20H,1-2,5,12-19H2. The number of halogens is 1. The third-order valence-corrected chi connectivity index (χ3v) is 9.56. The van der Waals surface area contributed by atoms with Gasteiger partial charge in [-0.15, -0.1) is 13.2 Å². The number of hydrogen-bond donors (Lipinski definition) is 0. The molecule has 1 aromatic heterocycles. The van der Waals surface area contributed by atoms with Gasteiger partial charge in [0.2, 0.25) is 10.0 Å². The van der Waals surface area contributed by atoms with E-state index in [1.807, 2.05) is 18.2 Å². The number of ether oxygens (including phenoxy) is 1. The zero-order valence-electron chi connectivity index (χ0n) is 21.1. The molecular formula is C27H31BrN4O4S2. The van der Waals surface area contributed by atoms with Crippen LogP contribution in [0.4, 0.5) is 5.13 Å². The quantitative estimate of drug-likeness (QED) is 0.271. The number of benzene rings is 2. The molecule has 0 bridgehead atoms. The van der Waals surface area contributed by atoms with E-state index in [-0.39, 0.29) is 23.9 Å². The van der Waals surface area contributed by atoms with Crippen LogP contribution >= 0.6 is 27.3 Å². The highest BCUT2D eigenvalue weighted by Crippen LogP contribution is 2.32. The van der Waals surface area contributed by atoms with Crippen molar-refractivity contribution in [2.75, 3.05) is 57.4 Å². The molecular weight excluding hydrogens is 588 g/mol. The summed E-state index contributed by atoms with van der Waals surface area (Å²) >= 11 is 4.96. The van der Waals surface area contributed by atoms with Gasteiger partial charge in [-0.1, -0.05) is 39.4 Å². The Morgan fingerprint density at radius 2 is 1.79 bits per heavy atom. The number of aromatic nitrogens is 1. The Bertz CT molecular complexity index is 1380. The van der Waals surface area contributed by atoms with Crippen LogP contribution in [0, 0.1) is 0 Å². The van der Waals surface area contributed by atoms with E-state index in [1.54, 1.807) is 17.0 Å². The van der Waals surface area contributed by atoms with E-state index < -0.39 is 10.0 Å². The number of thiazole rings is 1. The van der Waals surface area contributed by atoms with Gasteiger partial charge in [0, 0.05) is 49.3 Å². The van der Waals surface area contributed by atoms with E-state index in [9.17, 15) is 13.2 Å². The van der Waals surface area contributed by atoms with Crippen molar-refractivity contribution < 1.29 is 17.9 Å². The average Bonchev–Trinajstić information content (AvgIpc) is 3.34. The van der Waals surface area contributed by atoms with E-state index in [2.05, 4.69) is 34.0 Å². The number of carbonyl (C=O) groups excluding carboxylic acids is 1. The predicted octanol–water partition coefficient (Wildman–Crippen LogP) is 4.79. The van der Waals surface area contributed by atoms with Crippen LogP contribution < -0.4 is 4.90 Å². The van der Waals surface area contributed by atoms with Gasteiger partial charge in [0.25, 0.3) is 5.91 Å². The van der Waals surface area contributed by atoms with Crippen molar-refractivity contribution in [3.05, 3.63) is 77.8 Å². The Morgan fingerprint density at radius 1 is 1.11 bits per heavy atom. The Kier molecular flexibility index (Phi) is 9.85. The van der Waals surface area contributed by atoms with Crippen molar-refractivity contribution in [2.24, 2.45) is 0 Å². The minimum absolute atomic E-state index is 0.112. The highest BCUT2D eigenvalue weighted by atomic mass is 79.9. The maximum Gasteiger partial charge on any atom is 0.260 e. The first-order valence-corrected chi connectivity index (χ1v) is 15.4. The van der Waals surface area contributed by atoms with Crippen molar-refractivity contribution in [1.29, 1.82) is 0 Å². The second-order valence-electron chi connectivity index (χ2n) is 8.80. The summed E-state index contributed by atoms with van der Waals surface area (Å²) in [5.74, 6) is -0.219. The zero-order chi connectivity index (χ0) is 27.1. The molecule has 2 heterocycles. The molecule has 202 valence electrons. The topological polar surface area (TPSA) is 83.1 Å². The van der Waals surface area contributed by atoms with Crippen molar-refractivity contribution in [1.82, 2.24) is 14.2 Å². The van der Waals surface area contributed by atoms with Crippen LogP contribution in [0.2, 0.25) is 0 Å². The summed E-state index contributed by atoms with van der Waals surface area (Å²) in [6, 6.07) is 11.9. The third kappa shape index (κ3) is 6.77. The highest BCUT2D eigenvalue weighted by molar-refractivity contribution is 9.10. The monoisotopic (exact) mass is 618 g/mol. The van der Waals surface area contributed by atoms with E-state index in [4.69, 9.17) is 9.72 Å². The van der Waals surface area contributed by atoms with Crippen molar-refractivity contribution in [3.63, 3.8) is 0 Å². The molecule has 0 saturated carbocycles. The van der Waals surface area contributed by atoms with Gasteiger partial charge < -0.3 is 4.74 Å². The van der Waals surface area contributed by atoms with Gasteiger partial charge in [-0.2, -0.15) is 4.31 Å². The highest BCUT2D eigenvalue weighted by Gasteiger charge is 2.25.